The second kappa shape index (κ2) is 7.04. The van der Waals surface area contributed by atoms with E-state index in [4.69, 9.17) is 4.74 Å². The Hall–Kier alpha value is -1.13. The van der Waals surface area contributed by atoms with Crippen molar-refractivity contribution in [3.05, 3.63) is 29.6 Å². The highest BCUT2D eigenvalue weighted by Crippen LogP contribution is 2.24. The molecule has 2 atom stereocenters. The first-order valence-electron chi connectivity index (χ1n) is 7.41. The molecule has 0 amide bonds. The van der Waals surface area contributed by atoms with Crippen LogP contribution in [0.3, 0.4) is 0 Å². The van der Waals surface area contributed by atoms with Crippen LogP contribution in [0.4, 0.5) is 10.1 Å². The number of likely N-dealkylation sites (N-methyl/N-ethyl adjacent to an activating group) is 1. The van der Waals surface area contributed by atoms with E-state index in [1.165, 1.54) is 6.42 Å². The minimum atomic E-state index is -0.164. The van der Waals surface area contributed by atoms with Gasteiger partial charge in [0.2, 0.25) is 0 Å². The molecule has 20 heavy (non-hydrogen) atoms. The zero-order valence-electron chi connectivity index (χ0n) is 12.7. The van der Waals surface area contributed by atoms with Crippen LogP contribution in [0, 0.1) is 5.82 Å². The van der Waals surface area contributed by atoms with Crippen molar-refractivity contribution >= 4 is 5.69 Å². The first-order chi connectivity index (χ1) is 9.61. The zero-order valence-corrected chi connectivity index (χ0v) is 12.7. The van der Waals surface area contributed by atoms with Gasteiger partial charge in [-0.25, -0.2) is 4.39 Å². The molecule has 1 aromatic carbocycles. The lowest BCUT2D eigenvalue weighted by Gasteiger charge is -2.29. The third-order valence-corrected chi connectivity index (χ3v) is 4.07. The van der Waals surface area contributed by atoms with Crippen LogP contribution in [0.25, 0.3) is 0 Å². The molecule has 0 spiro atoms. The Balaban J connectivity index is 2.03. The van der Waals surface area contributed by atoms with Gasteiger partial charge in [-0.1, -0.05) is 6.07 Å². The molecule has 1 heterocycles. The van der Waals surface area contributed by atoms with E-state index in [9.17, 15) is 4.39 Å². The Labute approximate surface area is 121 Å². The van der Waals surface area contributed by atoms with Crippen molar-refractivity contribution in [1.29, 1.82) is 0 Å². The van der Waals surface area contributed by atoms with E-state index in [1.54, 1.807) is 6.07 Å². The van der Waals surface area contributed by atoms with Gasteiger partial charge in [0.1, 0.15) is 5.82 Å². The lowest BCUT2D eigenvalue weighted by atomic mass is 10.1. The van der Waals surface area contributed by atoms with E-state index in [0.717, 1.165) is 31.6 Å². The number of anilines is 1. The molecule has 2 rings (SSSR count). The van der Waals surface area contributed by atoms with Crippen molar-refractivity contribution in [2.75, 3.05) is 32.1 Å². The fraction of sp³-hybridized carbons (Fsp3) is 0.625. The fourth-order valence-electron chi connectivity index (χ4n) is 2.62. The zero-order chi connectivity index (χ0) is 14.5. The molecule has 0 aromatic heterocycles. The molecular weight excluding hydrogens is 255 g/mol. The Bertz CT molecular complexity index is 432. The highest BCUT2D eigenvalue weighted by atomic mass is 19.1. The molecule has 0 bridgehead atoms. The van der Waals surface area contributed by atoms with Gasteiger partial charge in [-0.3, -0.25) is 0 Å². The second-order valence-corrected chi connectivity index (χ2v) is 5.59. The summed E-state index contributed by atoms with van der Waals surface area (Å²) in [5.41, 5.74) is 1.61. The monoisotopic (exact) mass is 280 g/mol. The van der Waals surface area contributed by atoms with E-state index >= 15 is 0 Å². The van der Waals surface area contributed by atoms with Crippen LogP contribution in [-0.4, -0.2) is 33.4 Å². The van der Waals surface area contributed by atoms with Gasteiger partial charge in [0.05, 0.1) is 11.8 Å². The lowest BCUT2D eigenvalue weighted by Crippen LogP contribution is -2.33. The van der Waals surface area contributed by atoms with Crippen molar-refractivity contribution in [3.63, 3.8) is 0 Å². The van der Waals surface area contributed by atoms with E-state index < -0.39 is 0 Å². The predicted octanol–water partition coefficient (Wildman–Crippen LogP) is 3.11. The Morgan fingerprint density at radius 2 is 2.25 bits per heavy atom. The molecule has 4 heteroatoms. The number of nitrogens with one attached hydrogen (secondary N) is 1. The summed E-state index contributed by atoms with van der Waals surface area (Å²) in [5.74, 6) is -0.164. The summed E-state index contributed by atoms with van der Waals surface area (Å²) < 4.78 is 20.0. The molecule has 112 valence electrons. The molecule has 0 saturated carbocycles. The number of benzene rings is 1. The van der Waals surface area contributed by atoms with Crippen molar-refractivity contribution in [3.8, 4) is 0 Å². The van der Waals surface area contributed by atoms with E-state index in [1.807, 2.05) is 38.1 Å². The third-order valence-electron chi connectivity index (χ3n) is 4.07. The maximum absolute atomic E-state index is 14.2. The summed E-state index contributed by atoms with van der Waals surface area (Å²) in [6.45, 7) is 3.60. The standard InChI is InChI=1S/C16H25FN2O/c1-12(18-2)13-7-8-16(15(17)10-13)19(3)11-14-6-4-5-9-20-14/h7-8,10,12,14,18H,4-6,9,11H2,1-3H3. The van der Waals surface area contributed by atoms with E-state index in [2.05, 4.69) is 5.32 Å². The molecule has 1 aliphatic rings. The largest absolute Gasteiger partial charge is 0.376 e. The van der Waals surface area contributed by atoms with Gasteiger partial charge in [0, 0.05) is 26.2 Å². The van der Waals surface area contributed by atoms with Crippen molar-refractivity contribution in [2.24, 2.45) is 0 Å². The number of hydrogen-bond donors (Lipinski definition) is 1. The van der Waals surface area contributed by atoms with Crippen molar-refractivity contribution < 1.29 is 9.13 Å². The first kappa shape index (κ1) is 15.3. The van der Waals surface area contributed by atoms with Gasteiger partial charge >= 0.3 is 0 Å². The molecule has 0 aliphatic carbocycles. The molecule has 1 aromatic rings. The SMILES string of the molecule is CNC(C)c1ccc(N(C)CC2CCCCO2)c(F)c1. The molecule has 3 nitrogen and oxygen atoms in total. The van der Waals surface area contributed by atoms with Gasteiger partial charge < -0.3 is 15.0 Å². The minimum absolute atomic E-state index is 0.158. The molecule has 1 saturated heterocycles. The average Bonchev–Trinajstić information content (AvgIpc) is 2.47. The van der Waals surface area contributed by atoms with Crippen molar-refractivity contribution in [1.82, 2.24) is 5.32 Å². The number of nitrogens with zero attached hydrogens (tertiary/aromatic N) is 1. The van der Waals surface area contributed by atoms with Gasteiger partial charge in [-0.2, -0.15) is 0 Å². The number of rotatable bonds is 5. The van der Waals surface area contributed by atoms with Gasteiger partial charge in [0.15, 0.2) is 0 Å². The van der Waals surface area contributed by atoms with E-state index in [-0.39, 0.29) is 18.0 Å². The van der Waals surface area contributed by atoms with Crippen LogP contribution in [0.15, 0.2) is 18.2 Å². The number of ether oxygens (including phenoxy) is 1. The van der Waals surface area contributed by atoms with Gasteiger partial charge in [-0.05, 0) is 50.9 Å². The summed E-state index contributed by atoms with van der Waals surface area (Å²) in [5, 5.41) is 3.12. The number of halogens is 1. The lowest BCUT2D eigenvalue weighted by molar-refractivity contribution is 0.0215. The average molecular weight is 280 g/mol. The molecule has 1 N–H and O–H groups in total. The predicted molar refractivity (Wildman–Crippen MR) is 80.7 cm³/mol. The molecular formula is C16H25FN2O. The summed E-state index contributed by atoms with van der Waals surface area (Å²) in [7, 11) is 3.81. The molecule has 2 unspecified atom stereocenters. The Kier molecular flexibility index (Phi) is 5.38. The summed E-state index contributed by atoms with van der Waals surface area (Å²) in [4.78, 5) is 1.96. The fourth-order valence-corrected chi connectivity index (χ4v) is 2.62. The first-order valence-corrected chi connectivity index (χ1v) is 7.41. The Morgan fingerprint density at radius 3 is 2.85 bits per heavy atom. The van der Waals surface area contributed by atoms with Crippen LogP contribution in [0.1, 0.15) is 37.8 Å². The highest BCUT2D eigenvalue weighted by Gasteiger charge is 2.18. The van der Waals surface area contributed by atoms with Crippen LogP contribution in [0.2, 0.25) is 0 Å². The summed E-state index contributed by atoms with van der Waals surface area (Å²) in [6, 6.07) is 5.62. The topological polar surface area (TPSA) is 24.5 Å². The highest BCUT2D eigenvalue weighted by molar-refractivity contribution is 5.49. The van der Waals surface area contributed by atoms with Crippen molar-refractivity contribution in [2.45, 2.75) is 38.3 Å². The molecule has 1 fully saturated rings. The minimum Gasteiger partial charge on any atom is -0.376 e. The smallest absolute Gasteiger partial charge is 0.146 e. The van der Waals surface area contributed by atoms with Crippen LogP contribution in [-0.2, 0) is 4.74 Å². The van der Waals surface area contributed by atoms with Gasteiger partial charge in [-0.15, -0.1) is 0 Å². The summed E-state index contributed by atoms with van der Waals surface area (Å²) >= 11 is 0. The molecule has 0 radical (unpaired) electrons. The maximum Gasteiger partial charge on any atom is 0.146 e. The van der Waals surface area contributed by atoms with E-state index in [0.29, 0.717) is 5.69 Å². The van der Waals surface area contributed by atoms with Crippen LogP contribution in [0.5, 0.6) is 0 Å². The Morgan fingerprint density at radius 1 is 1.45 bits per heavy atom. The van der Waals surface area contributed by atoms with Crippen LogP contribution >= 0.6 is 0 Å². The normalized spacial score (nSPS) is 20.7. The third kappa shape index (κ3) is 3.70. The second-order valence-electron chi connectivity index (χ2n) is 5.59. The maximum atomic E-state index is 14.2. The molecule has 1 aliphatic heterocycles. The number of hydrogen-bond acceptors (Lipinski definition) is 3. The summed E-state index contributed by atoms with van der Waals surface area (Å²) in [6.07, 6.45) is 3.65. The van der Waals surface area contributed by atoms with Gasteiger partial charge in [0.25, 0.3) is 0 Å². The van der Waals surface area contributed by atoms with Crippen LogP contribution < -0.4 is 10.2 Å². The quantitative estimate of drug-likeness (QED) is 0.897.